The Morgan fingerprint density at radius 2 is 2.12 bits per heavy atom. The number of hydrogen-bond acceptors (Lipinski definition) is 6. The predicted molar refractivity (Wildman–Crippen MR) is 89.4 cm³/mol. The van der Waals surface area contributed by atoms with Crippen molar-refractivity contribution in [3.05, 3.63) is 41.6 Å². The fourth-order valence-electron chi connectivity index (χ4n) is 3.01. The van der Waals surface area contributed by atoms with Crippen LogP contribution in [-0.4, -0.2) is 43.9 Å². The van der Waals surface area contributed by atoms with Crippen LogP contribution >= 0.6 is 0 Å². The lowest BCUT2D eigenvalue weighted by atomic mass is 10.1. The molecule has 0 amide bonds. The van der Waals surface area contributed by atoms with Crippen LogP contribution in [0.25, 0.3) is 0 Å². The van der Waals surface area contributed by atoms with Crippen LogP contribution in [0.15, 0.2) is 28.8 Å². The Balaban J connectivity index is 1.84. The van der Waals surface area contributed by atoms with Gasteiger partial charge < -0.3 is 18.6 Å². The van der Waals surface area contributed by atoms with Gasteiger partial charge in [-0.15, -0.1) is 0 Å². The molecule has 0 radical (unpaired) electrons. The second-order valence-corrected chi connectivity index (χ2v) is 5.71. The number of pyridine rings is 1. The molecule has 1 atom stereocenters. The topological polar surface area (TPSA) is 57.0 Å². The summed E-state index contributed by atoms with van der Waals surface area (Å²) in [7, 11) is 3.27. The number of hydrogen-bond donors (Lipinski definition) is 0. The van der Waals surface area contributed by atoms with E-state index in [0.29, 0.717) is 31.3 Å². The molecule has 1 aliphatic rings. The van der Waals surface area contributed by atoms with E-state index in [9.17, 15) is 0 Å². The Morgan fingerprint density at radius 1 is 1.25 bits per heavy atom. The summed E-state index contributed by atoms with van der Waals surface area (Å²) < 4.78 is 22.5. The zero-order valence-electron chi connectivity index (χ0n) is 14.4. The first-order valence-corrected chi connectivity index (χ1v) is 8.23. The quantitative estimate of drug-likeness (QED) is 0.811. The highest BCUT2D eigenvalue weighted by Crippen LogP contribution is 2.33. The van der Waals surface area contributed by atoms with E-state index in [4.69, 9.17) is 18.6 Å². The molecule has 3 rings (SSSR count). The third kappa shape index (κ3) is 3.39. The first kappa shape index (κ1) is 16.8. The van der Waals surface area contributed by atoms with Gasteiger partial charge in [0.25, 0.3) is 0 Å². The zero-order chi connectivity index (χ0) is 16.9. The third-order valence-electron chi connectivity index (χ3n) is 4.32. The molecule has 3 heterocycles. The van der Waals surface area contributed by atoms with Crippen LogP contribution < -0.4 is 9.47 Å². The van der Waals surface area contributed by atoms with E-state index in [1.165, 1.54) is 0 Å². The average molecular weight is 332 g/mol. The summed E-state index contributed by atoms with van der Waals surface area (Å²) in [4.78, 5) is 6.80. The molecule has 2 aromatic heterocycles. The van der Waals surface area contributed by atoms with Gasteiger partial charge in [-0.1, -0.05) is 6.92 Å². The molecular weight excluding hydrogens is 308 g/mol. The highest BCUT2D eigenvalue weighted by molar-refractivity contribution is 5.42. The molecular formula is C18H24N2O4. The molecule has 6 heteroatoms. The molecule has 0 bridgehead atoms. The molecule has 0 saturated carbocycles. The van der Waals surface area contributed by atoms with E-state index in [2.05, 4.69) is 16.8 Å². The van der Waals surface area contributed by atoms with Crippen LogP contribution in [0, 0.1) is 0 Å². The predicted octanol–water partition coefficient (Wildman–Crippen LogP) is 2.83. The molecule has 6 nitrogen and oxygen atoms in total. The molecule has 1 fully saturated rings. The van der Waals surface area contributed by atoms with E-state index in [1.54, 1.807) is 26.5 Å². The minimum absolute atomic E-state index is 0.0803. The fourth-order valence-corrected chi connectivity index (χ4v) is 3.01. The first-order chi connectivity index (χ1) is 11.8. The van der Waals surface area contributed by atoms with Crippen molar-refractivity contribution in [2.75, 3.05) is 34.0 Å². The Morgan fingerprint density at radius 3 is 2.83 bits per heavy atom. The largest absolute Gasteiger partial charge is 0.493 e. The number of nitrogens with zero attached hydrogens (tertiary/aromatic N) is 2. The van der Waals surface area contributed by atoms with Gasteiger partial charge in [0.05, 0.1) is 33.5 Å². The van der Waals surface area contributed by atoms with Gasteiger partial charge in [-0.2, -0.15) is 0 Å². The van der Waals surface area contributed by atoms with Crippen molar-refractivity contribution in [1.29, 1.82) is 0 Å². The Hall–Kier alpha value is -2.05. The van der Waals surface area contributed by atoms with E-state index >= 15 is 0 Å². The lowest BCUT2D eigenvalue weighted by Crippen LogP contribution is -2.39. The second kappa shape index (κ2) is 7.68. The molecule has 0 N–H and O–H groups in total. The van der Waals surface area contributed by atoms with Crippen molar-refractivity contribution in [1.82, 2.24) is 9.88 Å². The van der Waals surface area contributed by atoms with Crippen LogP contribution in [0.2, 0.25) is 0 Å². The lowest BCUT2D eigenvalue weighted by Gasteiger charge is -2.34. The van der Waals surface area contributed by atoms with Crippen LogP contribution in [0.1, 0.15) is 30.2 Å². The monoisotopic (exact) mass is 332 g/mol. The van der Waals surface area contributed by atoms with Crippen LogP contribution in [0.3, 0.4) is 0 Å². The smallest absolute Gasteiger partial charge is 0.183 e. The van der Waals surface area contributed by atoms with E-state index in [-0.39, 0.29) is 6.04 Å². The first-order valence-electron chi connectivity index (χ1n) is 8.23. The van der Waals surface area contributed by atoms with Crippen molar-refractivity contribution in [3.63, 3.8) is 0 Å². The maximum Gasteiger partial charge on any atom is 0.183 e. The maximum absolute atomic E-state index is 5.94. The zero-order valence-corrected chi connectivity index (χ0v) is 14.4. The normalized spacial score (nSPS) is 18.5. The molecule has 1 aliphatic heterocycles. The molecule has 2 aromatic rings. The molecule has 0 aromatic carbocycles. The van der Waals surface area contributed by atoms with Crippen molar-refractivity contribution in [2.45, 2.75) is 25.9 Å². The van der Waals surface area contributed by atoms with Crippen LogP contribution in [0.4, 0.5) is 0 Å². The molecule has 130 valence electrons. The van der Waals surface area contributed by atoms with Crippen molar-refractivity contribution < 1.29 is 18.6 Å². The summed E-state index contributed by atoms with van der Waals surface area (Å²) in [5, 5.41) is 0. The van der Waals surface area contributed by atoms with Crippen molar-refractivity contribution >= 4 is 0 Å². The van der Waals surface area contributed by atoms with E-state index in [1.807, 2.05) is 12.1 Å². The van der Waals surface area contributed by atoms with Gasteiger partial charge in [-0.25, -0.2) is 0 Å². The minimum Gasteiger partial charge on any atom is -0.493 e. The second-order valence-electron chi connectivity index (χ2n) is 5.71. The summed E-state index contributed by atoms with van der Waals surface area (Å²) in [5.41, 5.74) is 0.853. The number of aromatic nitrogens is 1. The number of methoxy groups -OCH3 is 2. The van der Waals surface area contributed by atoms with Gasteiger partial charge in [0.2, 0.25) is 0 Å². The maximum atomic E-state index is 5.94. The van der Waals surface area contributed by atoms with Crippen LogP contribution in [-0.2, 0) is 17.7 Å². The average Bonchev–Trinajstić information content (AvgIpc) is 3.11. The molecule has 24 heavy (non-hydrogen) atoms. The summed E-state index contributed by atoms with van der Waals surface area (Å²) in [6.45, 7) is 4.86. The van der Waals surface area contributed by atoms with Crippen LogP contribution in [0.5, 0.6) is 11.5 Å². The summed E-state index contributed by atoms with van der Waals surface area (Å²) >= 11 is 0. The molecule has 0 aliphatic carbocycles. The van der Waals surface area contributed by atoms with Crippen molar-refractivity contribution in [2.24, 2.45) is 0 Å². The number of ether oxygens (including phenoxy) is 3. The number of aryl methyl sites for hydroxylation is 1. The number of rotatable bonds is 6. The Kier molecular flexibility index (Phi) is 5.37. The Labute approximate surface area is 142 Å². The number of morpholine rings is 1. The lowest BCUT2D eigenvalue weighted by molar-refractivity contribution is -0.0214. The fraction of sp³-hybridized carbons (Fsp3) is 0.500. The van der Waals surface area contributed by atoms with Gasteiger partial charge in [0.1, 0.15) is 17.2 Å². The minimum atomic E-state index is 0.0803. The van der Waals surface area contributed by atoms with Gasteiger partial charge in [0, 0.05) is 31.8 Å². The Bertz CT molecular complexity index is 671. The van der Waals surface area contributed by atoms with E-state index < -0.39 is 0 Å². The third-order valence-corrected chi connectivity index (χ3v) is 4.32. The summed E-state index contributed by atoms with van der Waals surface area (Å²) in [6.07, 6.45) is 2.63. The highest BCUT2D eigenvalue weighted by atomic mass is 16.5. The van der Waals surface area contributed by atoms with Crippen molar-refractivity contribution in [3.8, 4) is 11.5 Å². The van der Waals surface area contributed by atoms with E-state index in [0.717, 1.165) is 30.2 Å². The standard InChI is InChI=1S/C18H24N2O4/c1-4-13-5-6-16(24-13)15-12-23-10-9-20(15)11-14-18(22-3)17(21-2)7-8-19-14/h5-8,15H,4,9-12H2,1-3H3. The SMILES string of the molecule is CCc1ccc(C2COCCN2Cc2nccc(OC)c2OC)o1. The van der Waals surface area contributed by atoms with Gasteiger partial charge in [-0.3, -0.25) is 9.88 Å². The summed E-state index contributed by atoms with van der Waals surface area (Å²) in [6, 6.07) is 5.96. The number of furan rings is 1. The van der Waals surface area contributed by atoms with Gasteiger partial charge in [0.15, 0.2) is 11.5 Å². The van der Waals surface area contributed by atoms with Gasteiger partial charge in [-0.05, 0) is 12.1 Å². The molecule has 1 unspecified atom stereocenters. The molecule has 0 spiro atoms. The molecule has 1 saturated heterocycles. The summed E-state index contributed by atoms with van der Waals surface area (Å²) in [5.74, 6) is 3.30. The van der Waals surface area contributed by atoms with Gasteiger partial charge >= 0.3 is 0 Å². The highest BCUT2D eigenvalue weighted by Gasteiger charge is 2.28.